The Kier molecular flexibility index (Phi) is 1.91. The Balaban J connectivity index is 3.10. The molecule has 0 aromatic heterocycles. The lowest BCUT2D eigenvalue weighted by Gasteiger charge is -2.11. The topological polar surface area (TPSA) is 43.5 Å². The van der Waals surface area contributed by atoms with E-state index in [-0.39, 0.29) is 0 Å². The van der Waals surface area contributed by atoms with Crippen LogP contribution in [0.4, 0.5) is 13.2 Å². The molecule has 0 bridgehead atoms. The van der Waals surface area contributed by atoms with E-state index < -0.39 is 23.2 Å². The summed E-state index contributed by atoms with van der Waals surface area (Å²) in [4.78, 5) is 10.6. The van der Waals surface area contributed by atoms with Gasteiger partial charge in [-0.1, -0.05) is 0 Å². The molecule has 1 aliphatic rings. The molecule has 0 saturated heterocycles. The Bertz CT molecular complexity index is 277. The molecule has 1 heterocycles. The molecular formula is C6H3F3N2O. The summed E-state index contributed by atoms with van der Waals surface area (Å²) in [6.45, 7) is 1.04. The Labute approximate surface area is 65.9 Å². The summed E-state index contributed by atoms with van der Waals surface area (Å²) in [5.74, 6) is -0.971. The molecule has 0 N–H and O–H groups in total. The lowest BCUT2D eigenvalue weighted by atomic mass is 10.1. The van der Waals surface area contributed by atoms with Crippen LogP contribution >= 0.6 is 0 Å². The molecule has 6 heteroatoms. The molecule has 3 nitrogen and oxygen atoms in total. The van der Waals surface area contributed by atoms with Crippen molar-refractivity contribution in [2.24, 2.45) is 5.10 Å². The predicted molar refractivity (Wildman–Crippen MR) is 33.3 cm³/mol. The van der Waals surface area contributed by atoms with Gasteiger partial charge in [-0.2, -0.15) is 13.2 Å². The van der Waals surface area contributed by atoms with Crippen LogP contribution < -0.4 is 5.43 Å². The molecule has 0 unspecified atom stereocenters. The van der Waals surface area contributed by atoms with Gasteiger partial charge >= 0.3 is 6.18 Å². The number of carbonyl (C=O) groups is 1. The quantitative estimate of drug-likeness (QED) is 0.540. The van der Waals surface area contributed by atoms with E-state index in [1.165, 1.54) is 0 Å². The molecule has 12 heavy (non-hydrogen) atoms. The van der Waals surface area contributed by atoms with Gasteiger partial charge < -0.3 is 0 Å². The molecule has 0 atom stereocenters. The Morgan fingerprint density at radius 2 is 2.00 bits per heavy atom. The molecule has 2 radical (unpaired) electrons. The summed E-state index contributed by atoms with van der Waals surface area (Å²) in [7, 11) is 0. The number of allylic oxidation sites excluding steroid dienone is 1. The fraction of sp³-hybridized carbons (Fsp3) is 0.333. The van der Waals surface area contributed by atoms with Crippen molar-refractivity contribution in [1.29, 1.82) is 0 Å². The zero-order valence-corrected chi connectivity index (χ0v) is 5.94. The van der Waals surface area contributed by atoms with Gasteiger partial charge in [0.2, 0.25) is 0 Å². The van der Waals surface area contributed by atoms with E-state index in [0.717, 1.165) is 6.92 Å². The highest BCUT2D eigenvalue weighted by Gasteiger charge is 2.38. The van der Waals surface area contributed by atoms with E-state index in [1.807, 2.05) is 0 Å². The highest BCUT2D eigenvalue weighted by Crippen LogP contribution is 2.27. The second-order valence-corrected chi connectivity index (χ2v) is 2.11. The first-order chi connectivity index (χ1) is 5.43. The van der Waals surface area contributed by atoms with Gasteiger partial charge in [0, 0.05) is 5.57 Å². The van der Waals surface area contributed by atoms with Crippen LogP contribution in [0.1, 0.15) is 6.92 Å². The first-order valence-electron chi connectivity index (χ1n) is 2.92. The van der Waals surface area contributed by atoms with Crippen LogP contribution in [0.2, 0.25) is 0 Å². The molecule has 1 amide bonds. The molecule has 0 spiro atoms. The highest BCUT2D eigenvalue weighted by molar-refractivity contribution is 6.02. The fourth-order valence-corrected chi connectivity index (χ4v) is 0.662. The molecule has 0 aliphatic carbocycles. The zero-order chi connectivity index (χ0) is 9.35. The molecular weight excluding hydrogens is 173 g/mol. The van der Waals surface area contributed by atoms with E-state index in [2.05, 4.69) is 10.5 Å². The molecule has 64 valence electrons. The Hall–Kier alpha value is -1.33. The van der Waals surface area contributed by atoms with Crippen molar-refractivity contribution in [1.82, 2.24) is 5.43 Å². The Morgan fingerprint density at radius 1 is 1.42 bits per heavy atom. The van der Waals surface area contributed by atoms with Gasteiger partial charge in [-0.15, -0.1) is 10.5 Å². The summed E-state index contributed by atoms with van der Waals surface area (Å²) in [6.07, 6.45) is -2.95. The molecule has 0 aromatic rings. The van der Waals surface area contributed by atoms with E-state index in [9.17, 15) is 18.0 Å². The minimum atomic E-state index is -4.58. The number of carbonyl (C=O) groups excluding carboxylic acids is 1. The number of hydrogen-bond donors (Lipinski definition) is 0. The third kappa shape index (κ3) is 1.46. The first-order valence-corrected chi connectivity index (χ1v) is 2.92. The number of amides is 1. The summed E-state index contributed by atoms with van der Waals surface area (Å²) >= 11 is 0. The predicted octanol–water partition coefficient (Wildman–Crippen LogP) is 0.873. The maximum Gasteiger partial charge on any atom is 0.419 e. The van der Waals surface area contributed by atoms with Crippen molar-refractivity contribution < 1.29 is 18.0 Å². The average molecular weight is 176 g/mol. The van der Waals surface area contributed by atoms with Gasteiger partial charge in [0.15, 0.2) is 0 Å². The third-order valence-corrected chi connectivity index (χ3v) is 1.28. The van der Waals surface area contributed by atoms with Crippen molar-refractivity contribution in [2.75, 3.05) is 0 Å². The third-order valence-electron chi connectivity index (χ3n) is 1.28. The number of nitrogens with zero attached hydrogens (tertiary/aromatic N) is 2. The van der Waals surface area contributed by atoms with Crippen LogP contribution in [0.15, 0.2) is 16.2 Å². The number of hydrogen-bond acceptors (Lipinski definition) is 2. The van der Waals surface area contributed by atoms with Gasteiger partial charge in [-0.3, -0.25) is 4.79 Å². The summed E-state index contributed by atoms with van der Waals surface area (Å²) in [5, 5.41) is 2.80. The van der Waals surface area contributed by atoms with Gasteiger partial charge in [0.1, 0.15) is 6.21 Å². The van der Waals surface area contributed by atoms with Gasteiger partial charge in [-0.05, 0) is 6.92 Å². The summed E-state index contributed by atoms with van der Waals surface area (Å²) in [5.41, 5.74) is 1.27. The second-order valence-electron chi connectivity index (χ2n) is 2.11. The van der Waals surface area contributed by atoms with E-state index >= 15 is 0 Å². The minimum Gasteiger partial charge on any atom is -0.265 e. The average Bonchev–Trinajstić information content (AvgIpc) is 1.92. The van der Waals surface area contributed by atoms with Crippen molar-refractivity contribution in [2.45, 2.75) is 13.1 Å². The maximum atomic E-state index is 12.0. The van der Waals surface area contributed by atoms with Crippen LogP contribution in [0.3, 0.4) is 0 Å². The van der Waals surface area contributed by atoms with Crippen LogP contribution in [0.5, 0.6) is 0 Å². The van der Waals surface area contributed by atoms with E-state index in [4.69, 9.17) is 0 Å². The lowest BCUT2D eigenvalue weighted by Crippen LogP contribution is -2.25. The number of rotatable bonds is 0. The number of alkyl halides is 3. The SMILES string of the molecule is CC1=C(C(F)(F)F)[C]=N[N]C1=O. The standard InChI is InChI=1S/C6H3F3N2O/c1-3-4(6(7,8)9)2-10-11-5(3)12/h1H3. The maximum absolute atomic E-state index is 12.0. The Morgan fingerprint density at radius 3 is 2.42 bits per heavy atom. The minimum absolute atomic E-state index is 0.475. The molecule has 0 fully saturated rings. The smallest absolute Gasteiger partial charge is 0.265 e. The molecule has 0 saturated carbocycles. The second kappa shape index (κ2) is 2.62. The van der Waals surface area contributed by atoms with Crippen molar-refractivity contribution in [3.63, 3.8) is 0 Å². The van der Waals surface area contributed by atoms with Crippen molar-refractivity contribution in [3.8, 4) is 0 Å². The normalized spacial score (nSPS) is 18.2. The van der Waals surface area contributed by atoms with Crippen LogP contribution in [0.25, 0.3) is 0 Å². The van der Waals surface area contributed by atoms with Crippen molar-refractivity contribution in [3.05, 3.63) is 11.1 Å². The van der Waals surface area contributed by atoms with Gasteiger partial charge in [-0.25, -0.2) is 0 Å². The van der Waals surface area contributed by atoms with Crippen LogP contribution in [-0.4, -0.2) is 18.3 Å². The van der Waals surface area contributed by atoms with E-state index in [1.54, 1.807) is 6.21 Å². The zero-order valence-electron chi connectivity index (χ0n) is 5.94. The highest BCUT2D eigenvalue weighted by atomic mass is 19.4. The largest absolute Gasteiger partial charge is 0.419 e. The first kappa shape index (κ1) is 8.76. The molecule has 1 aliphatic heterocycles. The van der Waals surface area contributed by atoms with Gasteiger partial charge in [0.05, 0.1) is 5.57 Å². The van der Waals surface area contributed by atoms with Crippen LogP contribution in [-0.2, 0) is 4.79 Å². The van der Waals surface area contributed by atoms with E-state index in [0.29, 0.717) is 0 Å². The monoisotopic (exact) mass is 176 g/mol. The fourth-order valence-electron chi connectivity index (χ4n) is 0.662. The summed E-state index contributed by atoms with van der Waals surface area (Å²) in [6, 6.07) is 0. The van der Waals surface area contributed by atoms with Crippen LogP contribution in [0, 0.1) is 0 Å². The number of halogens is 3. The van der Waals surface area contributed by atoms with Crippen molar-refractivity contribution >= 4 is 12.1 Å². The summed E-state index contributed by atoms with van der Waals surface area (Å²) < 4.78 is 36.0. The lowest BCUT2D eigenvalue weighted by molar-refractivity contribution is -0.119. The van der Waals surface area contributed by atoms with Gasteiger partial charge in [0.25, 0.3) is 5.91 Å². The molecule has 1 rings (SSSR count). The molecule has 0 aromatic carbocycles.